The lowest BCUT2D eigenvalue weighted by molar-refractivity contribution is 0.108. The molecule has 3 aliphatic carbocycles. The van der Waals surface area contributed by atoms with Crippen LogP contribution in [0, 0.1) is 52.6 Å². The summed E-state index contributed by atoms with van der Waals surface area (Å²) in [5.74, 6) is 3.22. The first kappa shape index (κ1) is 21.8. The molecule has 0 radical (unpaired) electrons. The Morgan fingerprint density at radius 3 is 2.03 bits per heavy atom. The number of rotatable bonds is 5. The molecule has 4 atom stereocenters. The second kappa shape index (κ2) is 9.80. The van der Waals surface area contributed by atoms with Crippen molar-refractivity contribution in [3.05, 3.63) is 34.9 Å². The van der Waals surface area contributed by atoms with Gasteiger partial charge in [0, 0.05) is 0 Å². The first-order valence-corrected chi connectivity index (χ1v) is 12.5. The van der Waals surface area contributed by atoms with E-state index in [0.717, 1.165) is 42.1 Å². The second-order valence-corrected chi connectivity index (χ2v) is 10.6. The van der Waals surface area contributed by atoms with Crippen molar-refractivity contribution in [2.45, 2.75) is 96.3 Å². The molecule has 4 unspecified atom stereocenters. The molecule has 0 spiro atoms. The molecule has 3 heteroatoms. The van der Waals surface area contributed by atoms with Gasteiger partial charge in [-0.2, -0.15) is 5.26 Å². The van der Waals surface area contributed by atoms with Gasteiger partial charge < -0.3 is 0 Å². The quantitative estimate of drug-likeness (QED) is 0.478. The van der Waals surface area contributed by atoms with Gasteiger partial charge in [0.25, 0.3) is 0 Å². The molecular weight excluding hydrogens is 376 g/mol. The fraction of sp³-hybridized carbons (Fsp3) is 0.741. The van der Waals surface area contributed by atoms with Gasteiger partial charge in [-0.1, -0.05) is 58.3 Å². The van der Waals surface area contributed by atoms with Crippen molar-refractivity contribution in [2.75, 3.05) is 0 Å². The van der Waals surface area contributed by atoms with Crippen LogP contribution in [0.15, 0.2) is 12.1 Å². The SMILES string of the molecule is CCC1CCC(CCC2CCC3CC(c4cc(F)c(C#N)c(F)c4)CCC3C2)CC1. The van der Waals surface area contributed by atoms with Crippen LogP contribution in [0.2, 0.25) is 0 Å². The van der Waals surface area contributed by atoms with Crippen LogP contribution in [0.25, 0.3) is 0 Å². The van der Waals surface area contributed by atoms with Crippen LogP contribution in [0.3, 0.4) is 0 Å². The lowest BCUT2D eigenvalue weighted by Crippen LogP contribution is -2.30. The number of halogens is 2. The number of hydrogen-bond acceptors (Lipinski definition) is 1. The number of hydrogen-bond donors (Lipinski definition) is 0. The van der Waals surface area contributed by atoms with Crippen LogP contribution in [0.5, 0.6) is 0 Å². The molecule has 4 rings (SSSR count). The Labute approximate surface area is 181 Å². The maximum absolute atomic E-state index is 14.1. The van der Waals surface area contributed by atoms with Crippen molar-refractivity contribution in [1.82, 2.24) is 0 Å². The predicted molar refractivity (Wildman–Crippen MR) is 117 cm³/mol. The highest BCUT2D eigenvalue weighted by atomic mass is 19.1. The Balaban J connectivity index is 1.27. The number of fused-ring (bicyclic) bond motifs is 1. The molecule has 3 aliphatic rings. The van der Waals surface area contributed by atoms with E-state index in [2.05, 4.69) is 6.92 Å². The predicted octanol–water partition coefficient (Wildman–Crippen LogP) is 8.13. The Kier molecular flexibility index (Phi) is 7.12. The summed E-state index contributed by atoms with van der Waals surface area (Å²) < 4.78 is 28.1. The zero-order valence-electron chi connectivity index (χ0n) is 18.5. The largest absolute Gasteiger partial charge is 0.205 e. The highest BCUT2D eigenvalue weighted by molar-refractivity contribution is 5.36. The minimum Gasteiger partial charge on any atom is -0.205 e. The smallest absolute Gasteiger partial charge is 0.144 e. The molecule has 3 fully saturated rings. The summed E-state index contributed by atoms with van der Waals surface area (Å²) in [5.41, 5.74) is 0.309. The summed E-state index contributed by atoms with van der Waals surface area (Å²) in [4.78, 5) is 0. The number of nitriles is 1. The van der Waals surface area contributed by atoms with Crippen LogP contribution >= 0.6 is 0 Å². The Morgan fingerprint density at radius 1 is 0.800 bits per heavy atom. The summed E-state index contributed by atoms with van der Waals surface area (Å²) in [7, 11) is 0. The lowest BCUT2D eigenvalue weighted by atomic mass is 9.63. The average Bonchev–Trinajstić information content (AvgIpc) is 2.77. The van der Waals surface area contributed by atoms with Gasteiger partial charge in [0.05, 0.1) is 0 Å². The zero-order chi connectivity index (χ0) is 21.1. The second-order valence-electron chi connectivity index (χ2n) is 10.6. The topological polar surface area (TPSA) is 23.8 Å². The number of nitrogens with zero attached hydrogens (tertiary/aromatic N) is 1. The molecule has 1 aromatic rings. The Morgan fingerprint density at radius 2 is 1.37 bits per heavy atom. The van der Waals surface area contributed by atoms with Crippen molar-refractivity contribution in [3.63, 3.8) is 0 Å². The van der Waals surface area contributed by atoms with Gasteiger partial charge in [0.2, 0.25) is 0 Å². The van der Waals surface area contributed by atoms with Crippen molar-refractivity contribution in [1.29, 1.82) is 5.26 Å². The number of benzene rings is 1. The molecule has 0 amide bonds. The van der Waals surface area contributed by atoms with Gasteiger partial charge >= 0.3 is 0 Å². The third kappa shape index (κ3) is 4.90. The van der Waals surface area contributed by atoms with Gasteiger partial charge in [0.1, 0.15) is 23.3 Å². The molecular formula is C27H37F2N. The van der Waals surface area contributed by atoms with Gasteiger partial charge in [-0.25, -0.2) is 8.78 Å². The molecule has 1 nitrogen and oxygen atoms in total. The third-order valence-corrected chi connectivity index (χ3v) is 8.90. The highest BCUT2D eigenvalue weighted by Gasteiger charge is 2.36. The van der Waals surface area contributed by atoms with Crippen molar-refractivity contribution >= 4 is 0 Å². The third-order valence-electron chi connectivity index (χ3n) is 8.90. The molecule has 0 aliphatic heterocycles. The van der Waals surface area contributed by atoms with Crippen LogP contribution in [-0.2, 0) is 0 Å². The molecule has 30 heavy (non-hydrogen) atoms. The molecule has 164 valence electrons. The summed E-state index contributed by atoms with van der Waals surface area (Å²) in [5, 5.41) is 8.90. The molecule has 1 aromatic carbocycles. The fourth-order valence-electron chi connectivity index (χ4n) is 6.89. The summed E-state index contributed by atoms with van der Waals surface area (Å²) >= 11 is 0. The van der Waals surface area contributed by atoms with E-state index >= 15 is 0 Å². The van der Waals surface area contributed by atoms with Crippen molar-refractivity contribution in [3.8, 4) is 6.07 Å². The first-order chi connectivity index (χ1) is 14.6. The van der Waals surface area contributed by atoms with E-state index in [1.807, 2.05) is 0 Å². The van der Waals surface area contributed by atoms with Crippen LogP contribution in [-0.4, -0.2) is 0 Å². The molecule has 0 heterocycles. The fourth-order valence-corrected chi connectivity index (χ4v) is 6.89. The normalized spacial score (nSPS) is 34.2. The molecule has 0 bridgehead atoms. The van der Waals surface area contributed by atoms with E-state index in [1.54, 1.807) is 6.07 Å². The molecule has 0 saturated heterocycles. The van der Waals surface area contributed by atoms with E-state index in [4.69, 9.17) is 5.26 Å². The van der Waals surface area contributed by atoms with E-state index in [0.29, 0.717) is 5.92 Å². The van der Waals surface area contributed by atoms with Crippen LogP contribution < -0.4 is 0 Å². The van der Waals surface area contributed by atoms with E-state index in [9.17, 15) is 8.78 Å². The first-order valence-electron chi connectivity index (χ1n) is 12.5. The van der Waals surface area contributed by atoms with Crippen molar-refractivity contribution in [2.24, 2.45) is 29.6 Å². The van der Waals surface area contributed by atoms with Crippen LogP contribution in [0.4, 0.5) is 8.78 Å². The Bertz CT molecular complexity index is 736. The van der Waals surface area contributed by atoms with Crippen LogP contribution in [0.1, 0.15) is 107 Å². The summed E-state index contributed by atoms with van der Waals surface area (Å²) in [6, 6.07) is 4.45. The minimum absolute atomic E-state index is 0.244. The molecule has 0 N–H and O–H groups in total. The maximum atomic E-state index is 14.1. The monoisotopic (exact) mass is 413 g/mol. The van der Waals surface area contributed by atoms with Gasteiger partial charge in [0.15, 0.2) is 0 Å². The maximum Gasteiger partial charge on any atom is 0.144 e. The van der Waals surface area contributed by atoms with E-state index in [1.165, 1.54) is 82.8 Å². The van der Waals surface area contributed by atoms with Crippen molar-refractivity contribution < 1.29 is 8.78 Å². The molecule has 3 saturated carbocycles. The minimum atomic E-state index is -0.702. The zero-order valence-corrected chi connectivity index (χ0v) is 18.5. The standard InChI is InChI=1S/C27H37F2N/c1-2-18-3-5-19(6-4-18)7-8-20-9-10-22-14-23(12-11-21(22)13-20)24-15-26(28)25(17-30)27(29)16-24/h15-16,18-23H,2-14H2,1H3. The van der Waals surface area contributed by atoms with Gasteiger partial charge in [-0.05, 0) is 85.3 Å². The molecule has 0 aromatic heterocycles. The summed E-state index contributed by atoms with van der Waals surface area (Å²) in [6.07, 6.45) is 17.3. The van der Waals surface area contributed by atoms with Gasteiger partial charge in [-0.3, -0.25) is 0 Å². The summed E-state index contributed by atoms with van der Waals surface area (Å²) in [6.45, 7) is 2.34. The lowest BCUT2D eigenvalue weighted by Gasteiger charge is -2.43. The highest BCUT2D eigenvalue weighted by Crippen LogP contribution is 2.49. The van der Waals surface area contributed by atoms with Gasteiger partial charge in [-0.15, -0.1) is 0 Å². The van der Waals surface area contributed by atoms with E-state index in [-0.39, 0.29) is 5.92 Å². The van der Waals surface area contributed by atoms with E-state index < -0.39 is 17.2 Å². The Hall–Kier alpha value is -1.43. The average molecular weight is 414 g/mol.